The monoisotopic (exact) mass is 431 g/mol. The third-order valence-electron chi connectivity index (χ3n) is 6.14. The average molecular weight is 431 g/mol. The molecule has 0 saturated carbocycles. The number of H-pyrrole nitrogens is 1. The summed E-state index contributed by atoms with van der Waals surface area (Å²) < 4.78 is 20.9. The van der Waals surface area contributed by atoms with Crippen LogP contribution in [0.15, 0.2) is 34.7 Å². The van der Waals surface area contributed by atoms with Crippen LogP contribution in [-0.2, 0) is 0 Å². The lowest BCUT2D eigenvalue weighted by Gasteiger charge is -2.29. The number of pyridine rings is 1. The van der Waals surface area contributed by atoms with Gasteiger partial charge in [-0.25, -0.2) is 9.37 Å². The smallest absolute Gasteiger partial charge is 0.196 e. The second kappa shape index (κ2) is 7.68. The standard InChI is InChI=1S/C24H22FN5O2/c1-13-7-9-30(10-8-13)20-6-5-19(32-20)22-17(12-26)23(16-4-3-15(31)11-18(16)25)27-24-21(22)14(2)28-29-24/h3-6,11,13,31H,7-10H2,1-2H3,(H,27,28,29). The number of nitrogens with zero attached hydrogens (tertiary/aromatic N) is 4. The van der Waals surface area contributed by atoms with Gasteiger partial charge >= 0.3 is 0 Å². The van der Waals surface area contributed by atoms with Crippen molar-refractivity contribution in [2.24, 2.45) is 5.92 Å². The molecule has 1 aliphatic heterocycles. The highest BCUT2D eigenvalue weighted by Gasteiger charge is 2.26. The number of phenols is 1. The first-order valence-corrected chi connectivity index (χ1v) is 10.6. The highest BCUT2D eigenvalue weighted by atomic mass is 19.1. The van der Waals surface area contributed by atoms with Crippen LogP contribution in [0.2, 0.25) is 0 Å². The fourth-order valence-corrected chi connectivity index (χ4v) is 4.31. The van der Waals surface area contributed by atoms with Gasteiger partial charge in [0.15, 0.2) is 11.5 Å². The summed E-state index contributed by atoms with van der Waals surface area (Å²) in [6.45, 7) is 5.93. The SMILES string of the molecule is Cc1[nH]nc2nc(-c3ccc(O)cc3F)c(C#N)c(-c3ccc(N4CCC(C)CC4)o3)c12. The molecule has 2 N–H and O–H groups in total. The fraction of sp³-hybridized carbons (Fsp3) is 0.292. The number of aromatic hydroxyl groups is 1. The summed E-state index contributed by atoms with van der Waals surface area (Å²) in [4.78, 5) is 6.69. The van der Waals surface area contributed by atoms with Crippen LogP contribution in [-0.4, -0.2) is 33.4 Å². The summed E-state index contributed by atoms with van der Waals surface area (Å²) in [6.07, 6.45) is 2.20. The largest absolute Gasteiger partial charge is 0.508 e. The van der Waals surface area contributed by atoms with Gasteiger partial charge in [-0.1, -0.05) is 6.92 Å². The fourth-order valence-electron chi connectivity index (χ4n) is 4.31. The molecule has 1 aromatic carbocycles. The van der Waals surface area contributed by atoms with Gasteiger partial charge in [0, 0.05) is 36.5 Å². The number of hydrogen-bond donors (Lipinski definition) is 2. The number of fused-ring (bicyclic) bond motifs is 1. The number of aryl methyl sites for hydroxylation is 1. The minimum atomic E-state index is -0.672. The molecule has 5 rings (SSSR count). The molecule has 0 spiro atoms. The van der Waals surface area contributed by atoms with Crippen LogP contribution in [0.4, 0.5) is 10.3 Å². The Bertz CT molecular complexity index is 1360. The zero-order valence-corrected chi connectivity index (χ0v) is 17.8. The Kier molecular flexibility index (Phi) is 4.82. The maximum atomic E-state index is 14.7. The van der Waals surface area contributed by atoms with E-state index in [-0.39, 0.29) is 22.6 Å². The molecule has 1 aliphatic rings. The Morgan fingerprint density at radius 3 is 2.75 bits per heavy atom. The van der Waals surface area contributed by atoms with E-state index >= 15 is 0 Å². The number of phenolic OH excluding ortho intramolecular Hbond substituents is 1. The van der Waals surface area contributed by atoms with Gasteiger partial charge < -0.3 is 14.4 Å². The second-order valence-electron chi connectivity index (χ2n) is 8.34. The number of halogens is 1. The van der Waals surface area contributed by atoms with Gasteiger partial charge in [0.1, 0.15) is 23.4 Å². The number of nitriles is 1. The van der Waals surface area contributed by atoms with E-state index in [9.17, 15) is 14.8 Å². The second-order valence-corrected chi connectivity index (χ2v) is 8.34. The Morgan fingerprint density at radius 1 is 1.25 bits per heavy atom. The molecule has 3 aromatic heterocycles. The summed E-state index contributed by atoms with van der Waals surface area (Å²) in [5.41, 5.74) is 2.09. The molecule has 0 radical (unpaired) electrons. The summed E-state index contributed by atoms with van der Waals surface area (Å²) >= 11 is 0. The van der Waals surface area contributed by atoms with Gasteiger partial charge in [-0.05, 0) is 43.9 Å². The van der Waals surface area contributed by atoms with Crippen molar-refractivity contribution in [2.75, 3.05) is 18.0 Å². The van der Waals surface area contributed by atoms with Crippen LogP contribution in [0.25, 0.3) is 33.6 Å². The molecule has 0 amide bonds. The predicted octanol–water partition coefficient (Wildman–Crippen LogP) is 5.15. The van der Waals surface area contributed by atoms with Gasteiger partial charge in [0.25, 0.3) is 0 Å². The van der Waals surface area contributed by atoms with E-state index in [1.54, 1.807) is 0 Å². The lowest BCUT2D eigenvalue weighted by Crippen LogP contribution is -2.32. The van der Waals surface area contributed by atoms with Crippen molar-refractivity contribution in [3.05, 3.63) is 47.4 Å². The van der Waals surface area contributed by atoms with Crippen molar-refractivity contribution in [3.8, 4) is 34.4 Å². The van der Waals surface area contributed by atoms with Crippen molar-refractivity contribution in [1.29, 1.82) is 5.26 Å². The number of nitrogens with one attached hydrogen (secondary N) is 1. The first-order valence-electron chi connectivity index (χ1n) is 10.6. The molecular weight excluding hydrogens is 409 g/mol. The van der Waals surface area contributed by atoms with Crippen molar-refractivity contribution in [3.63, 3.8) is 0 Å². The van der Waals surface area contributed by atoms with Gasteiger partial charge in [-0.2, -0.15) is 10.4 Å². The van der Waals surface area contributed by atoms with E-state index in [4.69, 9.17) is 4.42 Å². The molecule has 0 unspecified atom stereocenters. The lowest BCUT2D eigenvalue weighted by atomic mass is 9.96. The van der Waals surface area contributed by atoms with Gasteiger partial charge in [-0.3, -0.25) is 5.10 Å². The van der Waals surface area contributed by atoms with Crippen molar-refractivity contribution in [1.82, 2.24) is 15.2 Å². The molecule has 8 heteroatoms. The van der Waals surface area contributed by atoms with Crippen molar-refractivity contribution >= 4 is 16.9 Å². The number of benzene rings is 1. The van der Waals surface area contributed by atoms with E-state index in [1.807, 2.05) is 19.1 Å². The number of hydrogen-bond acceptors (Lipinski definition) is 6. The molecular formula is C24H22FN5O2. The topological polar surface area (TPSA) is 102 Å². The molecule has 1 fully saturated rings. The number of aromatic amines is 1. The van der Waals surface area contributed by atoms with Crippen LogP contribution in [0, 0.1) is 30.0 Å². The molecule has 0 atom stereocenters. The molecule has 1 saturated heterocycles. The molecule has 7 nitrogen and oxygen atoms in total. The van der Waals surface area contributed by atoms with E-state index < -0.39 is 5.82 Å². The summed E-state index contributed by atoms with van der Waals surface area (Å²) in [5.74, 6) is 1.08. The Balaban J connectivity index is 1.71. The quantitative estimate of drug-likeness (QED) is 0.465. The zero-order chi connectivity index (χ0) is 22.4. The minimum Gasteiger partial charge on any atom is -0.508 e. The predicted molar refractivity (Wildman–Crippen MR) is 119 cm³/mol. The van der Waals surface area contributed by atoms with Gasteiger partial charge in [0.05, 0.1) is 22.2 Å². The Hall–Kier alpha value is -3.86. The number of anilines is 1. The number of furan rings is 1. The maximum Gasteiger partial charge on any atom is 0.196 e. The minimum absolute atomic E-state index is 0.111. The number of piperidine rings is 1. The Morgan fingerprint density at radius 2 is 2.03 bits per heavy atom. The third-order valence-corrected chi connectivity index (χ3v) is 6.14. The van der Waals surface area contributed by atoms with Crippen LogP contribution in [0.1, 0.15) is 31.0 Å². The van der Waals surface area contributed by atoms with Crippen LogP contribution in [0.3, 0.4) is 0 Å². The average Bonchev–Trinajstić information content (AvgIpc) is 3.40. The highest BCUT2D eigenvalue weighted by molar-refractivity contribution is 5.99. The molecule has 4 aromatic rings. The summed E-state index contributed by atoms with van der Waals surface area (Å²) in [6, 6.07) is 9.72. The first kappa shape index (κ1) is 20.1. The summed E-state index contributed by atoms with van der Waals surface area (Å²) in [7, 11) is 0. The van der Waals surface area contributed by atoms with E-state index in [2.05, 4.69) is 33.1 Å². The van der Waals surface area contributed by atoms with E-state index in [0.29, 0.717) is 28.3 Å². The normalized spacial score (nSPS) is 14.8. The number of aromatic nitrogens is 3. The third kappa shape index (κ3) is 3.26. The molecule has 32 heavy (non-hydrogen) atoms. The Labute approximate surface area is 184 Å². The van der Waals surface area contributed by atoms with Gasteiger partial charge in [0.2, 0.25) is 0 Å². The van der Waals surface area contributed by atoms with E-state index in [0.717, 1.165) is 43.6 Å². The zero-order valence-electron chi connectivity index (χ0n) is 17.8. The summed E-state index contributed by atoms with van der Waals surface area (Å²) in [5, 5.41) is 27.5. The molecule has 0 aliphatic carbocycles. The first-order chi connectivity index (χ1) is 15.5. The van der Waals surface area contributed by atoms with Crippen molar-refractivity contribution < 1.29 is 13.9 Å². The molecule has 4 heterocycles. The van der Waals surface area contributed by atoms with Crippen LogP contribution < -0.4 is 4.90 Å². The van der Waals surface area contributed by atoms with Crippen LogP contribution >= 0.6 is 0 Å². The van der Waals surface area contributed by atoms with Crippen LogP contribution in [0.5, 0.6) is 5.75 Å². The van der Waals surface area contributed by atoms with E-state index in [1.165, 1.54) is 12.1 Å². The van der Waals surface area contributed by atoms with Gasteiger partial charge in [-0.15, -0.1) is 0 Å². The highest BCUT2D eigenvalue weighted by Crippen LogP contribution is 2.40. The molecule has 0 bridgehead atoms. The maximum absolute atomic E-state index is 14.7. The van der Waals surface area contributed by atoms with Crippen molar-refractivity contribution in [2.45, 2.75) is 26.7 Å². The lowest BCUT2D eigenvalue weighted by molar-refractivity contribution is 0.418. The number of rotatable bonds is 3. The molecule has 162 valence electrons.